The van der Waals surface area contributed by atoms with Crippen LogP contribution < -0.4 is 5.32 Å². The van der Waals surface area contributed by atoms with Crippen LogP contribution in [0.3, 0.4) is 0 Å². The van der Waals surface area contributed by atoms with E-state index >= 15 is 0 Å². The van der Waals surface area contributed by atoms with Gasteiger partial charge in [0.2, 0.25) is 0 Å². The predicted molar refractivity (Wildman–Crippen MR) is 120 cm³/mol. The highest BCUT2D eigenvalue weighted by Crippen LogP contribution is 2.29. The number of likely N-dealkylation sites (tertiary alicyclic amines) is 1. The molecule has 29 heavy (non-hydrogen) atoms. The van der Waals surface area contributed by atoms with Crippen molar-refractivity contribution in [1.29, 1.82) is 0 Å². The van der Waals surface area contributed by atoms with Crippen molar-refractivity contribution in [2.24, 2.45) is 0 Å². The highest BCUT2D eigenvalue weighted by atomic mass is 32.1. The molecule has 154 valence electrons. The molecule has 6 heteroatoms. The fraction of sp³-hybridized carbons (Fsp3) is 0.478. The van der Waals surface area contributed by atoms with Crippen molar-refractivity contribution >= 4 is 17.2 Å². The van der Waals surface area contributed by atoms with Crippen LogP contribution in [-0.4, -0.2) is 32.8 Å². The van der Waals surface area contributed by atoms with Crippen molar-refractivity contribution in [3.63, 3.8) is 0 Å². The first-order chi connectivity index (χ1) is 13.9. The Hall–Kier alpha value is -2.18. The number of benzene rings is 1. The first kappa shape index (κ1) is 20.1. The van der Waals surface area contributed by atoms with Gasteiger partial charge in [-0.3, -0.25) is 4.90 Å². The molecule has 0 bridgehead atoms. The molecule has 1 unspecified atom stereocenters. The molecule has 0 amide bonds. The third kappa shape index (κ3) is 4.70. The van der Waals surface area contributed by atoms with Crippen LogP contribution in [0, 0.1) is 6.92 Å². The van der Waals surface area contributed by atoms with Crippen LogP contribution >= 0.6 is 11.3 Å². The molecule has 1 saturated heterocycles. The molecular formula is C23H31N5S. The largest absolute Gasteiger partial charge is 0.364 e. The Kier molecular flexibility index (Phi) is 5.74. The average Bonchev–Trinajstić information content (AvgIpc) is 3.40. The molecule has 0 saturated carbocycles. The Labute approximate surface area is 177 Å². The number of thiazole rings is 1. The van der Waals surface area contributed by atoms with E-state index in [2.05, 4.69) is 78.3 Å². The van der Waals surface area contributed by atoms with Gasteiger partial charge in [0.1, 0.15) is 5.82 Å². The number of hydrogen-bond donors (Lipinski definition) is 1. The summed E-state index contributed by atoms with van der Waals surface area (Å²) in [6.07, 6.45) is 3.11. The van der Waals surface area contributed by atoms with Gasteiger partial charge in [0.25, 0.3) is 0 Å². The predicted octanol–water partition coefficient (Wildman–Crippen LogP) is 5.00. The lowest BCUT2D eigenvalue weighted by Crippen LogP contribution is -2.22. The third-order valence-electron chi connectivity index (χ3n) is 5.45. The summed E-state index contributed by atoms with van der Waals surface area (Å²) in [6, 6.07) is 11.1. The Bertz CT molecular complexity index is 938. The first-order valence-corrected chi connectivity index (χ1v) is 11.3. The minimum atomic E-state index is 0.104. The Balaban J connectivity index is 1.40. The van der Waals surface area contributed by atoms with Crippen molar-refractivity contribution in [3.8, 4) is 0 Å². The normalized spacial score (nSPS) is 17.7. The number of hydrogen-bond acceptors (Lipinski definition) is 5. The van der Waals surface area contributed by atoms with Gasteiger partial charge in [-0.15, -0.1) is 11.3 Å². The van der Waals surface area contributed by atoms with Gasteiger partial charge in [0, 0.05) is 36.0 Å². The maximum atomic E-state index is 4.81. The standard InChI is InChI=1S/C23H31N5S/c1-17-12-25-28(20-10-11-27(15-20)14-18-8-6-5-7-9-18)21(17)24-13-19-16-29-22(26-19)23(2,3)4/h5-9,12,16,20,24H,10-11,13-15H2,1-4H3. The van der Waals surface area contributed by atoms with Gasteiger partial charge in [0.15, 0.2) is 0 Å². The van der Waals surface area contributed by atoms with Gasteiger partial charge in [0.05, 0.1) is 29.5 Å². The second-order valence-electron chi connectivity index (χ2n) is 9.03. The summed E-state index contributed by atoms with van der Waals surface area (Å²) in [5.74, 6) is 1.13. The van der Waals surface area contributed by atoms with Gasteiger partial charge in [-0.25, -0.2) is 9.67 Å². The lowest BCUT2D eigenvalue weighted by molar-refractivity contribution is 0.312. The Morgan fingerprint density at radius 1 is 1.21 bits per heavy atom. The smallest absolute Gasteiger partial charge is 0.127 e. The van der Waals surface area contributed by atoms with Crippen molar-refractivity contribution in [2.75, 3.05) is 18.4 Å². The van der Waals surface area contributed by atoms with Gasteiger partial charge in [-0.1, -0.05) is 51.1 Å². The molecule has 1 N–H and O–H groups in total. The number of aryl methyl sites for hydroxylation is 1. The molecule has 1 fully saturated rings. The quantitative estimate of drug-likeness (QED) is 0.622. The molecule has 5 nitrogen and oxygen atoms in total. The van der Waals surface area contributed by atoms with Crippen LogP contribution in [-0.2, 0) is 18.5 Å². The number of anilines is 1. The van der Waals surface area contributed by atoms with E-state index in [9.17, 15) is 0 Å². The van der Waals surface area contributed by atoms with Crippen molar-refractivity contribution in [2.45, 2.75) is 58.7 Å². The molecule has 1 atom stereocenters. The maximum Gasteiger partial charge on any atom is 0.127 e. The summed E-state index contributed by atoms with van der Waals surface area (Å²) >= 11 is 1.75. The topological polar surface area (TPSA) is 46.0 Å². The van der Waals surface area contributed by atoms with Gasteiger partial charge in [-0.05, 0) is 18.9 Å². The lowest BCUT2D eigenvalue weighted by atomic mass is 9.98. The molecule has 0 aliphatic carbocycles. The summed E-state index contributed by atoms with van der Waals surface area (Å²) < 4.78 is 2.19. The minimum absolute atomic E-state index is 0.104. The number of rotatable bonds is 6. The van der Waals surface area contributed by atoms with E-state index in [-0.39, 0.29) is 5.41 Å². The molecule has 2 aromatic heterocycles. The molecule has 1 aromatic carbocycles. The minimum Gasteiger partial charge on any atom is -0.364 e. The van der Waals surface area contributed by atoms with Crippen LogP contribution in [0.4, 0.5) is 5.82 Å². The molecule has 1 aliphatic rings. The number of nitrogens with one attached hydrogen (secondary N) is 1. The first-order valence-electron chi connectivity index (χ1n) is 10.4. The van der Waals surface area contributed by atoms with E-state index in [1.165, 1.54) is 16.1 Å². The second-order valence-corrected chi connectivity index (χ2v) is 9.89. The summed E-state index contributed by atoms with van der Waals surface area (Å²) in [5, 5.41) is 11.7. The van der Waals surface area contributed by atoms with Crippen LogP contribution in [0.1, 0.15) is 55.1 Å². The fourth-order valence-electron chi connectivity index (χ4n) is 3.85. The number of nitrogens with zero attached hydrogens (tertiary/aromatic N) is 4. The molecule has 0 spiro atoms. The van der Waals surface area contributed by atoms with E-state index in [0.717, 1.165) is 44.1 Å². The van der Waals surface area contributed by atoms with Crippen molar-refractivity contribution in [1.82, 2.24) is 19.7 Å². The molecule has 3 heterocycles. The molecule has 4 rings (SSSR count). The fourth-order valence-corrected chi connectivity index (χ4v) is 4.76. The highest BCUT2D eigenvalue weighted by Gasteiger charge is 2.27. The SMILES string of the molecule is Cc1cnn(C2CCN(Cc3ccccc3)C2)c1NCc1csc(C(C)(C)C)n1. The zero-order valence-electron chi connectivity index (χ0n) is 17.9. The lowest BCUT2D eigenvalue weighted by Gasteiger charge is -2.18. The van der Waals surface area contributed by atoms with Gasteiger partial charge < -0.3 is 5.32 Å². The van der Waals surface area contributed by atoms with E-state index in [4.69, 9.17) is 10.1 Å². The Morgan fingerprint density at radius 3 is 2.72 bits per heavy atom. The summed E-state index contributed by atoms with van der Waals surface area (Å²) in [6.45, 7) is 12.7. The van der Waals surface area contributed by atoms with Crippen molar-refractivity contribution in [3.05, 3.63) is 63.7 Å². The van der Waals surface area contributed by atoms with E-state index in [1.54, 1.807) is 11.3 Å². The molecule has 1 aliphatic heterocycles. The zero-order chi connectivity index (χ0) is 20.4. The Morgan fingerprint density at radius 2 is 2.00 bits per heavy atom. The van der Waals surface area contributed by atoms with E-state index in [0.29, 0.717) is 6.04 Å². The van der Waals surface area contributed by atoms with Crippen LogP contribution in [0.5, 0.6) is 0 Å². The van der Waals surface area contributed by atoms with Gasteiger partial charge in [-0.2, -0.15) is 5.10 Å². The third-order valence-corrected chi connectivity index (χ3v) is 6.77. The van der Waals surface area contributed by atoms with Crippen molar-refractivity contribution < 1.29 is 0 Å². The molecular weight excluding hydrogens is 378 g/mol. The zero-order valence-corrected chi connectivity index (χ0v) is 18.7. The highest BCUT2D eigenvalue weighted by molar-refractivity contribution is 7.09. The van der Waals surface area contributed by atoms with Crippen LogP contribution in [0.15, 0.2) is 41.9 Å². The van der Waals surface area contributed by atoms with Crippen LogP contribution in [0.2, 0.25) is 0 Å². The summed E-state index contributed by atoms with van der Waals surface area (Å²) in [7, 11) is 0. The monoisotopic (exact) mass is 409 g/mol. The number of aromatic nitrogens is 3. The van der Waals surface area contributed by atoms with E-state index in [1.807, 2.05) is 6.20 Å². The second kappa shape index (κ2) is 8.28. The van der Waals surface area contributed by atoms with Gasteiger partial charge >= 0.3 is 0 Å². The summed E-state index contributed by atoms with van der Waals surface area (Å²) in [5.41, 5.74) is 3.77. The molecule has 3 aromatic rings. The van der Waals surface area contributed by atoms with E-state index < -0.39 is 0 Å². The maximum absolute atomic E-state index is 4.81. The average molecular weight is 410 g/mol. The summed E-state index contributed by atoms with van der Waals surface area (Å²) in [4.78, 5) is 7.34. The van der Waals surface area contributed by atoms with Crippen LogP contribution in [0.25, 0.3) is 0 Å². The molecule has 0 radical (unpaired) electrons.